The molecule has 0 saturated carbocycles. The molecular formula is C23H20N2O3. The molecule has 0 radical (unpaired) electrons. The first-order valence-electron chi connectivity index (χ1n) is 8.85. The number of nitrogens with one attached hydrogen (secondary N) is 1. The molecule has 1 N–H and O–H groups in total. The number of hydrogen-bond acceptors (Lipinski definition) is 4. The van der Waals surface area contributed by atoms with Crippen LogP contribution >= 0.6 is 0 Å². The average Bonchev–Trinajstić information content (AvgIpc) is 3.24. The zero-order valence-electron chi connectivity index (χ0n) is 15.5. The Kier molecular flexibility index (Phi) is 6.27. The van der Waals surface area contributed by atoms with Crippen molar-refractivity contribution in [3.8, 4) is 11.8 Å². The summed E-state index contributed by atoms with van der Waals surface area (Å²) in [4.78, 5) is 12.2. The Morgan fingerprint density at radius 1 is 1.14 bits per heavy atom. The van der Waals surface area contributed by atoms with E-state index in [9.17, 15) is 10.1 Å². The van der Waals surface area contributed by atoms with E-state index in [4.69, 9.17) is 9.15 Å². The molecule has 3 rings (SSSR count). The van der Waals surface area contributed by atoms with Gasteiger partial charge in [-0.2, -0.15) is 5.26 Å². The Morgan fingerprint density at radius 2 is 1.89 bits per heavy atom. The van der Waals surface area contributed by atoms with Crippen LogP contribution in [0.1, 0.15) is 22.5 Å². The molecule has 0 aliphatic carbocycles. The molecule has 140 valence electrons. The first-order chi connectivity index (χ1) is 13.6. The third-order valence-electron chi connectivity index (χ3n) is 4.09. The van der Waals surface area contributed by atoms with Crippen molar-refractivity contribution in [1.82, 2.24) is 5.32 Å². The summed E-state index contributed by atoms with van der Waals surface area (Å²) in [5.41, 5.74) is 3.07. The van der Waals surface area contributed by atoms with E-state index in [1.54, 1.807) is 18.2 Å². The number of carbonyl (C=O) groups is 1. The number of rotatable bonds is 7. The molecule has 28 heavy (non-hydrogen) atoms. The molecular weight excluding hydrogens is 352 g/mol. The minimum Gasteiger partial charge on any atom is -0.489 e. The van der Waals surface area contributed by atoms with E-state index in [0.29, 0.717) is 12.4 Å². The highest BCUT2D eigenvalue weighted by atomic mass is 16.5. The molecule has 5 nitrogen and oxygen atoms in total. The Bertz CT molecular complexity index is 980. The molecule has 0 fully saturated rings. The molecule has 3 aromatic rings. The largest absolute Gasteiger partial charge is 0.489 e. The van der Waals surface area contributed by atoms with Crippen molar-refractivity contribution in [1.29, 1.82) is 5.26 Å². The number of hydrogen-bond donors (Lipinski definition) is 1. The van der Waals surface area contributed by atoms with Gasteiger partial charge in [0.2, 0.25) is 0 Å². The fraction of sp³-hybridized carbons (Fsp3) is 0.130. The van der Waals surface area contributed by atoms with Crippen molar-refractivity contribution in [3.05, 3.63) is 95.0 Å². The fourth-order valence-corrected chi connectivity index (χ4v) is 2.50. The zero-order chi connectivity index (χ0) is 19.8. The lowest BCUT2D eigenvalue weighted by atomic mass is 10.1. The minimum absolute atomic E-state index is 0.0277. The van der Waals surface area contributed by atoms with Crippen LogP contribution in [0, 0.1) is 18.3 Å². The molecule has 1 aromatic heterocycles. The van der Waals surface area contributed by atoms with Crippen molar-refractivity contribution in [2.75, 3.05) is 0 Å². The highest BCUT2D eigenvalue weighted by Crippen LogP contribution is 2.16. The van der Waals surface area contributed by atoms with Crippen molar-refractivity contribution in [2.24, 2.45) is 0 Å². The summed E-state index contributed by atoms with van der Waals surface area (Å²) in [6.07, 6.45) is 3.08. The van der Waals surface area contributed by atoms with E-state index in [1.165, 1.54) is 11.8 Å². The number of benzene rings is 2. The SMILES string of the molecule is Cc1ccc(COc2ccc(/C=C(/C#N)C(=O)NCc3ccco3)cc2)cc1. The number of furan rings is 1. The van der Waals surface area contributed by atoms with Gasteiger partial charge in [0.05, 0.1) is 12.8 Å². The summed E-state index contributed by atoms with van der Waals surface area (Å²) >= 11 is 0. The van der Waals surface area contributed by atoms with E-state index in [-0.39, 0.29) is 12.1 Å². The van der Waals surface area contributed by atoms with Crippen molar-refractivity contribution < 1.29 is 13.9 Å². The molecule has 0 aliphatic rings. The summed E-state index contributed by atoms with van der Waals surface area (Å²) in [6, 6.07) is 20.8. The van der Waals surface area contributed by atoms with Crippen LogP contribution in [0.15, 0.2) is 76.9 Å². The van der Waals surface area contributed by atoms with Crippen molar-refractivity contribution >= 4 is 12.0 Å². The van der Waals surface area contributed by atoms with Crippen LogP contribution in [-0.4, -0.2) is 5.91 Å². The molecule has 0 bridgehead atoms. The molecule has 0 unspecified atom stereocenters. The Hall–Kier alpha value is -3.78. The second-order valence-corrected chi connectivity index (χ2v) is 6.28. The second kappa shape index (κ2) is 9.24. The first kappa shape index (κ1) is 19.0. The number of carbonyl (C=O) groups excluding carboxylic acids is 1. The lowest BCUT2D eigenvalue weighted by Crippen LogP contribution is -2.23. The molecule has 2 aromatic carbocycles. The highest BCUT2D eigenvalue weighted by Gasteiger charge is 2.09. The third kappa shape index (κ3) is 5.36. The normalized spacial score (nSPS) is 10.9. The van der Waals surface area contributed by atoms with Crippen LogP contribution in [0.4, 0.5) is 0 Å². The molecule has 0 atom stereocenters. The highest BCUT2D eigenvalue weighted by molar-refractivity contribution is 6.01. The van der Waals surface area contributed by atoms with Gasteiger partial charge >= 0.3 is 0 Å². The number of amides is 1. The molecule has 5 heteroatoms. The van der Waals surface area contributed by atoms with Crippen LogP contribution in [0.3, 0.4) is 0 Å². The van der Waals surface area contributed by atoms with E-state index < -0.39 is 5.91 Å². The van der Waals surface area contributed by atoms with E-state index >= 15 is 0 Å². The maximum absolute atomic E-state index is 12.2. The standard InChI is InChI=1S/C23H20N2O3/c1-17-4-6-19(7-5-17)16-28-21-10-8-18(9-11-21)13-20(14-24)23(26)25-15-22-3-2-12-27-22/h2-13H,15-16H2,1H3,(H,25,26)/b20-13-. The lowest BCUT2D eigenvalue weighted by Gasteiger charge is -2.07. The van der Waals surface area contributed by atoms with Gasteiger partial charge in [-0.3, -0.25) is 4.79 Å². The van der Waals surface area contributed by atoms with Gasteiger partial charge in [-0.15, -0.1) is 0 Å². The van der Waals surface area contributed by atoms with E-state index in [2.05, 4.69) is 5.32 Å². The van der Waals surface area contributed by atoms with Crippen LogP contribution in [0.2, 0.25) is 0 Å². The summed E-state index contributed by atoms with van der Waals surface area (Å²) in [7, 11) is 0. The van der Waals surface area contributed by atoms with Crippen LogP contribution in [-0.2, 0) is 17.9 Å². The topological polar surface area (TPSA) is 75.3 Å². The quantitative estimate of drug-likeness (QED) is 0.493. The van der Waals surface area contributed by atoms with Gasteiger partial charge in [0.1, 0.15) is 29.8 Å². The molecule has 0 aliphatic heterocycles. The fourth-order valence-electron chi connectivity index (χ4n) is 2.50. The maximum Gasteiger partial charge on any atom is 0.262 e. The predicted octanol–water partition coefficient (Wildman–Crippen LogP) is 4.39. The predicted molar refractivity (Wildman–Crippen MR) is 106 cm³/mol. The molecule has 0 saturated heterocycles. The first-order valence-corrected chi connectivity index (χ1v) is 8.85. The van der Waals surface area contributed by atoms with Gasteiger partial charge in [0.25, 0.3) is 5.91 Å². The lowest BCUT2D eigenvalue weighted by molar-refractivity contribution is -0.117. The van der Waals surface area contributed by atoms with Gasteiger partial charge in [-0.05, 0) is 48.4 Å². The van der Waals surface area contributed by atoms with Gasteiger partial charge in [0.15, 0.2) is 0 Å². The van der Waals surface area contributed by atoms with Crippen LogP contribution < -0.4 is 10.1 Å². The molecule has 1 heterocycles. The Morgan fingerprint density at radius 3 is 2.54 bits per heavy atom. The second-order valence-electron chi connectivity index (χ2n) is 6.28. The van der Waals surface area contributed by atoms with Crippen molar-refractivity contribution in [2.45, 2.75) is 20.1 Å². The summed E-state index contributed by atoms with van der Waals surface area (Å²) in [5.74, 6) is 0.901. The number of nitriles is 1. The van der Waals surface area contributed by atoms with Crippen LogP contribution in [0.25, 0.3) is 6.08 Å². The monoisotopic (exact) mass is 372 g/mol. The minimum atomic E-state index is -0.446. The molecule has 1 amide bonds. The van der Waals surface area contributed by atoms with Gasteiger partial charge < -0.3 is 14.5 Å². The molecule has 0 spiro atoms. The number of ether oxygens (including phenoxy) is 1. The summed E-state index contributed by atoms with van der Waals surface area (Å²) in [5, 5.41) is 11.9. The van der Waals surface area contributed by atoms with Crippen LogP contribution in [0.5, 0.6) is 5.75 Å². The smallest absolute Gasteiger partial charge is 0.262 e. The Labute approximate surface area is 163 Å². The summed E-state index contributed by atoms with van der Waals surface area (Å²) < 4.78 is 10.9. The maximum atomic E-state index is 12.2. The number of nitrogens with zero attached hydrogens (tertiary/aromatic N) is 1. The third-order valence-corrected chi connectivity index (χ3v) is 4.09. The average molecular weight is 372 g/mol. The van der Waals surface area contributed by atoms with Crippen molar-refractivity contribution in [3.63, 3.8) is 0 Å². The van der Waals surface area contributed by atoms with Gasteiger partial charge in [-0.25, -0.2) is 0 Å². The van der Waals surface area contributed by atoms with E-state index in [1.807, 2.05) is 61.5 Å². The zero-order valence-corrected chi connectivity index (χ0v) is 15.5. The Balaban J connectivity index is 1.58. The number of aryl methyl sites for hydroxylation is 1. The van der Waals surface area contributed by atoms with Gasteiger partial charge in [-0.1, -0.05) is 42.0 Å². The van der Waals surface area contributed by atoms with E-state index in [0.717, 1.165) is 16.9 Å². The van der Waals surface area contributed by atoms with Gasteiger partial charge in [0, 0.05) is 0 Å². The summed E-state index contributed by atoms with van der Waals surface area (Å²) in [6.45, 7) is 2.76.